The average Bonchev–Trinajstić information content (AvgIpc) is 3.17. The van der Waals surface area contributed by atoms with Crippen LogP contribution >= 0.6 is 0 Å². The number of anilines is 1. The molecule has 32 heavy (non-hydrogen) atoms. The Morgan fingerprint density at radius 1 is 1.06 bits per heavy atom. The molecule has 1 aromatic heterocycles. The van der Waals surface area contributed by atoms with E-state index in [-0.39, 0.29) is 18.5 Å². The highest BCUT2D eigenvalue weighted by Gasteiger charge is 2.22. The van der Waals surface area contributed by atoms with Crippen LogP contribution < -0.4 is 5.32 Å². The van der Waals surface area contributed by atoms with Gasteiger partial charge >= 0.3 is 6.03 Å². The van der Waals surface area contributed by atoms with Crippen molar-refractivity contribution in [3.63, 3.8) is 0 Å². The average molecular weight is 443 g/mol. The number of amides is 3. The van der Waals surface area contributed by atoms with Gasteiger partial charge in [-0.2, -0.15) is 0 Å². The number of carbonyl (C=O) groups is 2. The molecule has 0 bridgehead atoms. The first-order valence-electron chi connectivity index (χ1n) is 11.4. The topological polar surface area (TPSA) is 66.8 Å². The van der Waals surface area contributed by atoms with Crippen molar-refractivity contribution in [2.45, 2.75) is 46.6 Å². The number of aryl methyl sites for hydroxylation is 3. The van der Waals surface area contributed by atoms with E-state index in [1.54, 1.807) is 12.0 Å². The van der Waals surface area contributed by atoms with Gasteiger partial charge in [-0.3, -0.25) is 4.79 Å². The van der Waals surface area contributed by atoms with Crippen LogP contribution in [0.1, 0.15) is 43.0 Å². The van der Waals surface area contributed by atoms with Crippen molar-refractivity contribution in [2.24, 2.45) is 7.05 Å². The summed E-state index contributed by atoms with van der Waals surface area (Å²) in [4.78, 5) is 29.7. The normalized spacial score (nSPS) is 10.8. The van der Waals surface area contributed by atoms with Crippen molar-refractivity contribution < 1.29 is 14.3 Å². The molecule has 7 nitrogen and oxygen atoms in total. The van der Waals surface area contributed by atoms with Crippen molar-refractivity contribution >= 4 is 17.6 Å². The van der Waals surface area contributed by atoms with E-state index in [1.807, 2.05) is 66.9 Å². The highest BCUT2D eigenvalue weighted by Crippen LogP contribution is 2.15. The Hall–Kier alpha value is -2.80. The number of carbonyl (C=O) groups excluding carboxylic acids is 2. The number of aromatic nitrogens is 1. The quantitative estimate of drug-likeness (QED) is 0.497. The standard InChI is InChI=1S/C25H38N4O3/c1-6-7-14-28(18-23-10-8-13-27(23)4)24(30)19-29(15-9-16-32-5)25(31)26-22-12-11-20(2)21(3)17-22/h8,10-13,17H,6-7,9,14-16,18-19H2,1-5H3,(H,26,31). The first-order chi connectivity index (χ1) is 15.3. The van der Waals surface area contributed by atoms with E-state index in [2.05, 4.69) is 12.2 Å². The Morgan fingerprint density at radius 2 is 1.81 bits per heavy atom. The van der Waals surface area contributed by atoms with Crippen LogP contribution in [0.5, 0.6) is 0 Å². The third-order valence-corrected chi connectivity index (χ3v) is 5.69. The molecule has 1 heterocycles. The van der Waals surface area contributed by atoms with E-state index in [0.29, 0.717) is 32.7 Å². The zero-order valence-electron chi connectivity index (χ0n) is 20.2. The number of nitrogens with zero attached hydrogens (tertiary/aromatic N) is 3. The minimum atomic E-state index is -0.271. The maximum Gasteiger partial charge on any atom is 0.322 e. The Kier molecular flexibility index (Phi) is 10.3. The lowest BCUT2D eigenvalue weighted by Crippen LogP contribution is -2.45. The fourth-order valence-corrected chi connectivity index (χ4v) is 3.43. The molecule has 0 unspecified atom stereocenters. The summed E-state index contributed by atoms with van der Waals surface area (Å²) in [5, 5.41) is 2.95. The maximum absolute atomic E-state index is 13.2. The predicted molar refractivity (Wildman–Crippen MR) is 129 cm³/mol. The predicted octanol–water partition coefficient (Wildman–Crippen LogP) is 4.34. The van der Waals surface area contributed by atoms with Crippen LogP contribution in [0.25, 0.3) is 0 Å². The summed E-state index contributed by atoms with van der Waals surface area (Å²) in [6.45, 7) is 8.38. The largest absolute Gasteiger partial charge is 0.385 e. The van der Waals surface area contributed by atoms with Gasteiger partial charge in [0.05, 0.1) is 6.54 Å². The number of unbranched alkanes of at least 4 members (excludes halogenated alkanes) is 1. The van der Waals surface area contributed by atoms with Gasteiger partial charge in [0.25, 0.3) is 0 Å². The summed E-state index contributed by atoms with van der Waals surface area (Å²) in [5.41, 5.74) is 4.08. The molecule has 2 aromatic rings. The van der Waals surface area contributed by atoms with E-state index in [0.717, 1.165) is 29.8 Å². The Labute approximate surface area is 192 Å². The molecule has 0 atom stereocenters. The Morgan fingerprint density at radius 3 is 2.44 bits per heavy atom. The van der Waals surface area contributed by atoms with Crippen LogP contribution in [0.3, 0.4) is 0 Å². The van der Waals surface area contributed by atoms with Crippen LogP contribution in [-0.2, 0) is 23.1 Å². The van der Waals surface area contributed by atoms with E-state index in [9.17, 15) is 9.59 Å². The second kappa shape index (κ2) is 12.9. The molecule has 0 saturated heterocycles. The van der Waals surface area contributed by atoms with Gasteiger partial charge in [0.2, 0.25) is 5.91 Å². The van der Waals surface area contributed by atoms with E-state index in [1.165, 1.54) is 5.56 Å². The van der Waals surface area contributed by atoms with Crippen LogP contribution in [-0.4, -0.2) is 59.7 Å². The number of hydrogen-bond acceptors (Lipinski definition) is 3. The van der Waals surface area contributed by atoms with Gasteiger partial charge in [0.15, 0.2) is 0 Å². The summed E-state index contributed by atoms with van der Waals surface area (Å²) >= 11 is 0. The zero-order valence-corrected chi connectivity index (χ0v) is 20.2. The van der Waals surface area contributed by atoms with Crippen LogP contribution in [0, 0.1) is 13.8 Å². The SMILES string of the molecule is CCCCN(Cc1cccn1C)C(=O)CN(CCCOC)C(=O)Nc1ccc(C)c(C)c1. The van der Waals surface area contributed by atoms with Crippen molar-refractivity contribution in [1.29, 1.82) is 0 Å². The number of urea groups is 1. The number of rotatable bonds is 12. The number of benzene rings is 1. The molecule has 0 saturated carbocycles. The summed E-state index contributed by atoms with van der Waals surface area (Å²) in [6, 6.07) is 9.55. The van der Waals surface area contributed by atoms with E-state index in [4.69, 9.17) is 4.74 Å². The first-order valence-corrected chi connectivity index (χ1v) is 11.4. The molecule has 7 heteroatoms. The van der Waals surface area contributed by atoms with Gasteiger partial charge in [-0.05, 0) is 62.1 Å². The molecule has 0 spiro atoms. The molecule has 0 aliphatic rings. The lowest BCUT2D eigenvalue weighted by atomic mass is 10.1. The number of methoxy groups -OCH3 is 1. The van der Waals surface area contributed by atoms with Gasteiger partial charge in [0.1, 0.15) is 6.54 Å². The van der Waals surface area contributed by atoms with E-state index >= 15 is 0 Å². The zero-order chi connectivity index (χ0) is 23.5. The highest BCUT2D eigenvalue weighted by molar-refractivity contribution is 5.92. The summed E-state index contributed by atoms with van der Waals surface area (Å²) in [5.74, 6) is -0.0488. The number of nitrogens with one attached hydrogen (secondary N) is 1. The van der Waals surface area contributed by atoms with Crippen LogP contribution in [0.2, 0.25) is 0 Å². The molecule has 0 aliphatic heterocycles. The molecule has 2 rings (SSSR count). The van der Waals surface area contributed by atoms with Crippen molar-refractivity contribution in [2.75, 3.05) is 38.7 Å². The van der Waals surface area contributed by atoms with Crippen molar-refractivity contribution in [1.82, 2.24) is 14.4 Å². The molecule has 176 valence electrons. The fourth-order valence-electron chi connectivity index (χ4n) is 3.43. The fraction of sp³-hybridized carbons (Fsp3) is 0.520. The lowest BCUT2D eigenvalue weighted by molar-refractivity contribution is -0.132. The first kappa shape index (κ1) is 25.5. The van der Waals surface area contributed by atoms with Gasteiger partial charge in [0, 0.05) is 51.4 Å². The molecular formula is C25H38N4O3. The Bertz CT molecular complexity index is 878. The van der Waals surface area contributed by atoms with Crippen LogP contribution in [0.15, 0.2) is 36.5 Å². The van der Waals surface area contributed by atoms with E-state index < -0.39 is 0 Å². The third kappa shape index (κ3) is 7.71. The monoisotopic (exact) mass is 442 g/mol. The molecule has 1 N–H and O–H groups in total. The molecule has 0 radical (unpaired) electrons. The third-order valence-electron chi connectivity index (χ3n) is 5.69. The molecule has 1 aromatic carbocycles. The summed E-state index contributed by atoms with van der Waals surface area (Å²) in [6.07, 6.45) is 4.57. The summed E-state index contributed by atoms with van der Waals surface area (Å²) in [7, 11) is 3.61. The maximum atomic E-state index is 13.2. The van der Waals surface area contributed by atoms with Crippen molar-refractivity contribution in [3.8, 4) is 0 Å². The highest BCUT2D eigenvalue weighted by atomic mass is 16.5. The number of ether oxygens (including phenoxy) is 1. The number of hydrogen-bond donors (Lipinski definition) is 1. The van der Waals surface area contributed by atoms with Gasteiger partial charge in [-0.1, -0.05) is 19.4 Å². The van der Waals surface area contributed by atoms with Crippen LogP contribution in [0.4, 0.5) is 10.5 Å². The summed E-state index contributed by atoms with van der Waals surface area (Å²) < 4.78 is 7.17. The molecule has 3 amide bonds. The minimum absolute atomic E-state index is 0.0362. The smallest absolute Gasteiger partial charge is 0.322 e. The van der Waals surface area contributed by atoms with Crippen molar-refractivity contribution in [3.05, 3.63) is 53.3 Å². The second-order valence-corrected chi connectivity index (χ2v) is 8.28. The van der Waals surface area contributed by atoms with Gasteiger partial charge < -0.3 is 24.4 Å². The van der Waals surface area contributed by atoms with Gasteiger partial charge in [-0.15, -0.1) is 0 Å². The minimum Gasteiger partial charge on any atom is -0.385 e. The molecular weight excluding hydrogens is 404 g/mol. The Balaban J connectivity index is 2.12. The molecule has 0 fully saturated rings. The molecule has 0 aliphatic carbocycles. The second-order valence-electron chi connectivity index (χ2n) is 8.28. The lowest BCUT2D eigenvalue weighted by Gasteiger charge is -2.28. The van der Waals surface area contributed by atoms with Gasteiger partial charge in [-0.25, -0.2) is 4.79 Å².